The van der Waals surface area contributed by atoms with E-state index in [1.165, 1.54) is 32.0 Å². The largest absolute Gasteiger partial charge is 0.354 e. The minimum absolute atomic E-state index is 0.0189. The van der Waals surface area contributed by atoms with Crippen LogP contribution in [0, 0.1) is 5.82 Å². The van der Waals surface area contributed by atoms with Gasteiger partial charge in [0.25, 0.3) is 5.91 Å². The number of halogens is 1. The Bertz CT molecular complexity index is 769. The van der Waals surface area contributed by atoms with E-state index in [4.69, 9.17) is 9.47 Å². The van der Waals surface area contributed by atoms with E-state index in [2.05, 4.69) is 5.32 Å². The topological polar surface area (TPSA) is 67.9 Å². The molecule has 2 atom stereocenters. The van der Waals surface area contributed by atoms with E-state index >= 15 is 0 Å². The van der Waals surface area contributed by atoms with Crippen LogP contribution in [-0.4, -0.2) is 61.6 Å². The molecule has 1 saturated heterocycles. The molecule has 6 nitrogen and oxygen atoms in total. The van der Waals surface area contributed by atoms with Gasteiger partial charge in [0.15, 0.2) is 6.29 Å². The molecule has 2 unspecified atom stereocenters. The molecule has 1 aliphatic heterocycles. The molecule has 1 heterocycles. The molecule has 8 heteroatoms. The average Bonchev–Trinajstić information content (AvgIpc) is 2.73. The fourth-order valence-electron chi connectivity index (χ4n) is 3.77. The summed E-state index contributed by atoms with van der Waals surface area (Å²) in [6.45, 7) is 0.171. The molecule has 158 valence electrons. The minimum Gasteiger partial charge on any atom is -0.354 e. The fraction of sp³-hybridized carbons (Fsp3) is 0.524. The van der Waals surface area contributed by atoms with Gasteiger partial charge in [-0.3, -0.25) is 9.59 Å². The summed E-state index contributed by atoms with van der Waals surface area (Å²) in [5, 5.41) is 2.97. The van der Waals surface area contributed by atoms with E-state index in [0.29, 0.717) is 10.5 Å². The van der Waals surface area contributed by atoms with Gasteiger partial charge in [0.2, 0.25) is 5.91 Å². The summed E-state index contributed by atoms with van der Waals surface area (Å²) in [5.74, 6) is -0.848. The Morgan fingerprint density at radius 3 is 2.76 bits per heavy atom. The van der Waals surface area contributed by atoms with Gasteiger partial charge in [-0.05, 0) is 25.0 Å². The van der Waals surface area contributed by atoms with Crippen LogP contribution < -0.4 is 5.32 Å². The van der Waals surface area contributed by atoms with Crippen molar-refractivity contribution in [3.05, 3.63) is 40.6 Å². The van der Waals surface area contributed by atoms with Gasteiger partial charge in [-0.2, -0.15) is 0 Å². The van der Waals surface area contributed by atoms with Crippen molar-refractivity contribution in [1.82, 2.24) is 10.2 Å². The lowest BCUT2D eigenvalue weighted by atomic mass is 9.93. The van der Waals surface area contributed by atoms with Crippen molar-refractivity contribution >= 4 is 29.7 Å². The summed E-state index contributed by atoms with van der Waals surface area (Å²) in [7, 11) is 3.00. The van der Waals surface area contributed by atoms with Crippen molar-refractivity contribution in [1.29, 1.82) is 0 Å². The van der Waals surface area contributed by atoms with Crippen molar-refractivity contribution in [2.45, 2.75) is 43.3 Å². The summed E-state index contributed by atoms with van der Waals surface area (Å²) in [6, 6.07) is 6.40. The third-order valence-corrected chi connectivity index (χ3v) is 6.71. The highest BCUT2D eigenvalue weighted by molar-refractivity contribution is 8.04. The van der Waals surface area contributed by atoms with Crippen molar-refractivity contribution in [2.75, 3.05) is 27.3 Å². The minimum atomic E-state index is -0.537. The normalized spacial score (nSPS) is 23.4. The van der Waals surface area contributed by atoms with E-state index in [9.17, 15) is 14.0 Å². The Hall–Kier alpha value is -1.90. The maximum absolute atomic E-state index is 14.1. The maximum Gasteiger partial charge on any atom is 0.261 e. The Morgan fingerprint density at radius 1 is 1.31 bits per heavy atom. The highest BCUT2D eigenvalue weighted by Crippen LogP contribution is 2.42. The van der Waals surface area contributed by atoms with E-state index in [1.54, 1.807) is 29.2 Å². The van der Waals surface area contributed by atoms with Crippen LogP contribution in [0.1, 0.15) is 31.2 Å². The number of methoxy groups -OCH3 is 2. The molecule has 29 heavy (non-hydrogen) atoms. The Morgan fingerprint density at radius 2 is 2.03 bits per heavy atom. The van der Waals surface area contributed by atoms with Crippen molar-refractivity contribution < 1.29 is 23.5 Å². The van der Waals surface area contributed by atoms with E-state index in [-0.39, 0.29) is 42.0 Å². The fourth-order valence-corrected chi connectivity index (χ4v) is 5.23. The summed E-state index contributed by atoms with van der Waals surface area (Å²) in [4.78, 5) is 27.8. The smallest absolute Gasteiger partial charge is 0.261 e. The lowest BCUT2D eigenvalue weighted by Gasteiger charge is -2.43. The Balaban J connectivity index is 1.77. The van der Waals surface area contributed by atoms with E-state index in [1.807, 2.05) is 0 Å². The Kier molecular flexibility index (Phi) is 7.69. The molecule has 0 radical (unpaired) electrons. The summed E-state index contributed by atoms with van der Waals surface area (Å²) in [6.07, 6.45) is 5.05. The van der Waals surface area contributed by atoms with Crippen LogP contribution >= 0.6 is 11.8 Å². The number of carbonyl (C=O) groups is 2. The first-order chi connectivity index (χ1) is 14.0. The predicted molar refractivity (Wildman–Crippen MR) is 111 cm³/mol. The number of hydrogen-bond acceptors (Lipinski definition) is 5. The number of thioether (sulfide) groups is 1. The molecule has 2 fully saturated rings. The van der Waals surface area contributed by atoms with Gasteiger partial charge < -0.3 is 19.7 Å². The highest BCUT2D eigenvalue weighted by atomic mass is 32.2. The molecule has 1 saturated carbocycles. The van der Waals surface area contributed by atoms with Gasteiger partial charge in [-0.15, -0.1) is 11.8 Å². The lowest BCUT2D eigenvalue weighted by molar-refractivity contribution is -0.137. The molecule has 0 aromatic heterocycles. The summed E-state index contributed by atoms with van der Waals surface area (Å²) < 4.78 is 24.2. The third-order valence-electron chi connectivity index (χ3n) is 5.32. The molecule has 0 bridgehead atoms. The summed E-state index contributed by atoms with van der Waals surface area (Å²) >= 11 is 1.51. The van der Waals surface area contributed by atoms with Crippen LogP contribution in [0.3, 0.4) is 0 Å². The van der Waals surface area contributed by atoms with E-state index < -0.39 is 6.29 Å². The van der Waals surface area contributed by atoms with Crippen LogP contribution in [-0.2, 0) is 19.1 Å². The molecular formula is C21H27FN2O4S. The molecule has 1 aliphatic carbocycles. The predicted octanol–water partition coefficient (Wildman–Crippen LogP) is 2.79. The van der Waals surface area contributed by atoms with Gasteiger partial charge in [-0.25, -0.2) is 4.39 Å². The third kappa shape index (κ3) is 5.38. The van der Waals surface area contributed by atoms with E-state index in [0.717, 1.165) is 25.7 Å². The van der Waals surface area contributed by atoms with Crippen LogP contribution in [0.5, 0.6) is 0 Å². The number of nitrogens with one attached hydrogen (secondary N) is 1. The SMILES string of the molecule is COC(CNC(=O)CN1C(=O)/C(=C/c2ccccc2F)SC2CCCCC21)OC. The number of hydrogen-bond donors (Lipinski definition) is 1. The lowest BCUT2D eigenvalue weighted by Crippen LogP contribution is -2.54. The Labute approximate surface area is 174 Å². The molecule has 1 aromatic carbocycles. The van der Waals surface area contributed by atoms with Crippen LogP contribution in [0.25, 0.3) is 6.08 Å². The molecule has 1 N–H and O–H groups in total. The molecule has 3 rings (SSSR count). The number of amides is 2. The first-order valence-electron chi connectivity index (χ1n) is 9.79. The molecule has 1 aromatic rings. The highest BCUT2D eigenvalue weighted by Gasteiger charge is 2.41. The van der Waals surface area contributed by atoms with Crippen LogP contribution in [0.2, 0.25) is 0 Å². The van der Waals surface area contributed by atoms with Crippen molar-refractivity contribution in [3.8, 4) is 0 Å². The number of benzene rings is 1. The second-order valence-electron chi connectivity index (χ2n) is 7.18. The van der Waals surface area contributed by atoms with Crippen molar-refractivity contribution in [3.63, 3.8) is 0 Å². The first kappa shape index (κ1) is 21.8. The maximum atomic E-state index is 14.1. The quantitative estimate of drug-likeness (QED) is 0.541. The first-order valence-corrected chi connectivity index (χ1v) is 10.7. The van der Waals surface area contributed by atoms with Crippen LogP contribution in [0.15, 0.2) is 29.2 Å². The number of nitrogens with zero attached hydrogens (tertiary/aromatic N) is 1. The zero-order valence-corrected chi connectivity index (χ0v) is 17.5. The standard InChI is InChI=1S/C21H27FN2O4S/c1-27-20(28-2)12-23-19(25)13-24-16-9-5-6-10-17(16)29-18(21(24)26)11-14-7-3-4-8-15(14)22/h3-4,7-8,11,16-17,20H,5-6,9-10,12-13H2,1-2H3,(H,23,25)/b18-11-. The number of fused-ring (bicyclic) bond motifs is 1. The van der Waals surface area contributed by atoms with Crippen molar-refractivity contribution in [2.24, 2.45) is 0 Å². The second kappa shape index (κ2) is 10.2. The number of rotatable bonds is 7. The number of ether oxygens (including phenoxy) is 2. The average molecular weight is 423 g/mol. The molecule has 0 spiro atoms. The van der Waals surface area contributed by atoms with Gasteiger partial charge >= 0.3 is 0 Å². The molecule has 2 amide bonds. The van der Waals surface area contributed by atoms with Gasteiger partial charge in [0.1, 0.15) is 12.4 Å². The zero-order valence-electron chi connectivity index (χ0n) is 16.7. The monoisotopic (exact) mass is 422 g/mol. The summed E-state index contributed by atoms with van der Waals surface area (Å²) in [5.41, 5.74) is 0.380. The second-order valence-corrected chi connectivity index (χ2v) is 8.46. The van der Waals surface area contributed by atoms with Gasteiger partial charge in [0.05, 0.1) is 11.4 Å². The van der Waals surface area contributed by atoms with Gasteiger partial charge in [0, 0.05) is 31.1 Å². The van der Waals surface area contributed by atoms with Crippen LogP contribution in [0.4, 0.5) is 4.39 Å². The molecule has 2 aliphatic rings. The number of carbonyl (C=O) groups excluding carboxylic acids is 2. The zero-order chi connectivity index (χ0) is 20.8. The van der Waals surface area contributed by atoms with Gasteiger partial charge in [-0.1, -0.05) is 31.0 Å². The molecular weight excluding hydrogens is 395 g/mol.